The van der Waals surface area contributed by atoms with Gasteiger partial charge in [-0.15, -0.1) is 10.2 Å². The summed E-state index contributed by atoms with van der Waals surface area (Å²) < 4.78 is 14.5. The van der Waals surface area contributed by atoms with E-state index < -0.39 is 0 Å². The van der Waals surface area contributed by atoms with Crippen LogP contribution in [0.3, 0.4) is 0 Å². The second-order valence-corrected chi connectivity index (χ2v) is 12.4. The molecule has 0 amide bonds. The predicted molar refractivity (Wildman–Crippen MR) is 209 cm³/mol. The Bertz CT molecular complexity index is 2430. The van der Waals surface area contributed by atoms with Crippen LogP contribution >= 0.6 is 0 Å². The number of aromatic nitrogens is 3. The molecule has 9 rings (SSSR count). The second-order valence-electron chi connectivity index (χ2n) is 12.4. The van der Waals surface area contributed by atoms with Gasteiger partial charge in [0.2, 0.25) is 0 Å². The van der Waals surface area contributed by atoms with Gasteiger partial charge in [0.15, 0.2) is 34.6 Å². The summed E-state index contributed by atoms with van der Waals surface area (Å²) in [5.41, 5.74) is 8.46. The van der Waals surface area contributed by atoms with Gasteiger partial charge in [0.05, 0.1) is 22.7 Å². The molecule has 3 heterocycles. The lowest BCUT2D eigenvalue weighted by atomic mass is 10.1. The summed E-state index contributed by atoms with van der Waals surface area (Å²) in [5.74, 6) is 4.59. The van der Waals surface area contributed by atoms with E-state index in [1.165, 1.54) is 0 Å². The summed E-state index contributed by atoms with van der Waals surface area (Å²) in [6.45, 7) is 6.51. The molecule has 7 aromatic rings. The fourth-order valence-electron chi connectivity index (χ4n) is 6.79. The number of nitrogens with zero attached hydrogens (tertiary/aromatic N) is 5. The minimum atomic E-state index is 0.649. The van der Waals surface area contributed by atoms with Gasteiger partial charge >= 0.3 is 0 Å². The molecule has 0 fully saturated rings. The average molecular weight is 676 g/mol. The Morgan fingerprint density at radius 3 is 1.60 bits per heavy atom. The van der Waals surface area contributed by atoms with Crippen molar-refractivity contribution in [1.82, 2.24) is 14.8 Å². The summed E-state index contributed by atoms with van der Waals surface area (Å²) in [4.78, 5) is 4.43. The molecule has 250 valence electrons. The SMILES string of the molecule is C=C(/C=C\C(=C/C)N1c2ccccc2Oc2ccccc21)c1nnc(-c2ccc(N3c4ccccc4Oc4ccccc43)cc2)n1-c1ccccc1. The lowest BCUT2D eigenvalue weighted by Gasteiger charge is -2.33. The first-order chi connectivity index (χ1) is 25.7. The summed E-state index contributed by atoms with van der Waals surface area (Å²) in [6.07, 6.45) is 6.15. The van der Waals surface area contributed by atoms with Gasteiger partial charge in [-0.05, 0) is 104 Å². The molecule has 6 aromatic carbocycles. The van der Waals surface area contributed by atoms with Crippen LogP contribution in [0.5, 0.6) is 23.0 Å². The van der Waals surface area contributed by atoms with Crippen molar-refractivity contribution in [3.63, 3.8) is 0 Å². The van der Waals surface area contributed by atoms with E-state index in [2.05, 4.69) is 93.8 Å². The summed E-state index contributed by atoms with van der Waals surface area (Å²) in [6, 6.07) is 50.9. The van der Waals surface area contributed by atoms with Crippen molar-refractivity contribution in [3.8, 4) is 40.1 Å². The topological polar surface area (TPSA) is 55.6 Å². The number of rotatable bonds is 7. The average Bonchev–Trinajstić information content (AvgIpc) is 3.65. The second kappa shape index (κ2) is 13.0. The van der Waals surface area contributed by atoms with E-state index in [1.54, 1.807) is 0 Å². The van der Waals surface area contributed by atoms with E-state index in [1.807, 2.05) is 104 Å². The van der Waals surface area contributed by atoms with Crippen LogP contribution in [-0.2, 0) is 0 Å². The van der Waals surface area contributed by atoms with E-state index in [0.717, 1.165) is 74.0 Å². The molecule has 0 spiro atoms. The van der Waals surface area contributed by atoms with Crippen molar-refractivity contribution in [3.05, 3.63) is 188 Å². The molecule has 0 saturated carbocycles. The van der Waals surface area contributed by atoms with E-state index >= 15 is 0 Å². The molecular formula is C45H33N5O2. The molecule has 0 N–H and O–H groups in total. The van der Waals surface area contributed by atoms with E-state index in [0.29, 0.717) is 11.6 Å². The molecule has 0 saturated heterocycles. The molecule has 0 atom stereocenters. The number of hydrogen-bond acceptors (Lipinski definition) is 6. The quantitative estimate of drug-likeness (QED) is 0.157. The monoisotopic (exact) mass is 675 g/mol. The van der Waals surface area contributed by atoms with Gasteiger partial charge in [-0.2, -0.15) is 0 Å². The van der Waals surface area contributed by atoms with Gasteiger partial charge in [0.1, 0.15) is 0 Å². The zero-order chi connectivity index (χ0) is 35.0. The van der Waals surface area contributed by atoms with Gasteiger partial charge in [-0.25, -0.2) is 0 Å². The Balaban J connectivity index is 1.07. The van der Waals surface area contributed by atoms with Crippen molar-refractivity contribution in [2.45, 2.75) is 6.92 Å². The standard InChI is InChI=1S/C45H33N5O2/c1-3-33(48-36-17-7-11-21-40(36)51-41-22-12-8-18-37(41)48)28-25-31(2)44-46-47-45(50(44)34-15-5-4-6-16-34)32-26-29-35(30-27-32)49-38-19-9-13-23-42(38)52-43-24-14-10-20-39(43)49/h3-30H,2H2,1H3/b28-25-,33-3+. The Morgan fingerprint density at radius 2 is 1.04 bits per heavy atom. The van der Waals surface area contributed by atoms with Crippen molar-refractivity contribution in [1.29, 1.82) is 0 Å². The zero-order valence-corrected chi connectivity index (χ0v) is 28.4. The van der Waals surface area contributed by atoms with Crippen LogP contribution in [0.2, 0.25) is 0 Å². The summed E-state index contributed by atoms with van der Waals surface area (Å²) in [7, 11) is 0. The summed E-state index contributed by atoms with van der Waals surface area (Å²) >= 11 is 0. The molecule has 2 aliphatic rings. The highest BCUT2D eigenvalue weighted by molar-refractivity contribution is 5.87. The number of ether oxygens (including phenoxy) is 2. The van der Waals surface area contributed by atoms with Crippen LogP contribution < -0.4 is 19.3 Å². The first-order valence-electron chi connectivity index (χ1n) is 17.1. The van der Waals surface area contributed by atoms with Gasteiger partial charge < -0.3 is 19.3 Å². The Morgan fingerprint density at radius 1 is 0.538 bits per heavy atom. The minimum Gasteiger partial charge on any atom is -0.453 e. The normalized spacial score (nSPS) is 13.1. The smallest absolute Gasteiger partial charge is 0.168 e. The van der Waals surface area contributed by atoms with Crippen LogP contribution in [0.25, 0.3) is 22.6 Å². The minimum absolute atomic E-state index is 0.649. The number of allylic oxidation sites excluding steroid dienone is 4. The molecule has 0 unspecified atom stereocenters. The van der Waals surface area contributed by atoms with Crippen LogP contribution in [0, 0.1) is 0 Å². The molecule has 1 aromatic heterocycles. The number of fused-ring (bicyclic) bond motifs is 4. The van der Waals surface area contributed by atoms with E-state index in [4.69, 9.17) is 19.7 Å². The van der Waals surface area contributed by atoms with Gasteiger partial charge in [-0.3, -0.25) is 4.57 Å². The molecule has 7 heteroatoms. The van der Waals surface area contributed by atoms with Crippen molar-refractivity contribution in [2.75, 3.05) is 9.80 Å². The Hall–Kier alpha value is -7.12. The first-order valence-corrected chi connectivity index (χ1v) is 17.1. The molecule has 2 aliphatic heterocycles. The number of hydrogen-bond donors (Lipinski definition) is 0. The maximum Gasteiger partial charge on any atom is 0.168 e. The van der Waals surface area contributed by atoms with Crippen LogP contribution in [0.4, 0.5) is 28.4 Å². The fraction of sp³-hybridized carbons (Fsp3) is 0.0222. The third-order valence-electron chi connectivity index (χ3n) is 9.22. The van der Waals surface area contributed by atoms with Gasteiger partial charge in [0.25, 0.3) is 0 Å². The lowest BCUT2D eigenvalue weighted by Crippen LogP contribution is -2.19. The molecule has 7 nitrogen and oxygen atoms in total. The number of para-hydroxylation sites is 9. The van der Waals surface area contributed by atoms with Crippen molar-refractivity contribution < 1.29 is 9.47 Å². The first kappa shape index (κ1) is 30.9. The molecule has 0 bridgehead atoms. The molecular weight excluding hydrogens is 643 g/mol. The van der Waals surface area contributed by atoms with E-state index in [-0.39, 0.29) is 0 Å². The Kier molecular flexibility index (Phi) is 7.71. The molecule has 0 aliphatic carbocycles. The molecule has 0 radical (unpaired) electrons. The fourth-order valence-corrected chi connectivity index (χ4v) is 6.79. The highest BCUT2D eigenvalue weighted by Gasteiger charge is 2.27. The van der Waals surface area contributed by atoms with Crippen molar-refractivity contribution >= 4 is 34.0 Å². The highest BCUT2D eigenvalue weighted by atomic mass is 16.5. The zero-order valence-electron chi connectivity index (χ0n) is 28.4. The van der Waals surface area contributed by atoms with Gasteiger partial charge in [0, 0.05) is 28.2 Å². The third kappa shape index (κ3) is 5.32. The lowest BCUT2D eigenvalue weighted by molar-refractivity contribution is 0.476. The maximum atomic E-state index is 6.24. The number of anilines is 5. The highest BCUT2D eigenvalue weighted by Crippen LogP contribution is 2.51. The molecule has 52 heavy (non-hydrogen) atoms. The van der Waals surface area contributed by atoms with Crippen LogP contribution in [0.1, 0.15) is 12.7 Å². The van der Waals surface area contributed by atoms with Gasteiger partial charge in [-0.1, -0.05) is 79.4 Å². The Labute approximate surface area is 302 Å². The predicted octanol–water partition coefficient (Wildman–Crippen LogP) is 11.9. The number of benzene rings is 6. The maximum absolute atomic E-state index is 6.24. The van der Waals surface area contributed by atoms with Crippen LogP contribution in [-0.4, -0.2) is 14.8 Å². The largest absolute Gasteiger partial charge is 0.453 e. The van der Waals surface area contributed by atoms with E-state index in [9.17, 15) is 0 Å². The van der Waals surface area contributed by atoms with Crippen molar-refractivity contribution in [2.24, 2.45) is 0 Å². The third-order valence-corrected chi connectivity index (χ3v) is 9.22. The summed E-state index contributed by atoms with van der Waals surface area (Å²) in [5, 5.41) is 9.45. The van der Waals surface area contributed by atoms with Crippen LogP contribution in [0.15, 0.2) is 182 Å².